The molecule has 5 heteroatoms. The summed E-state index contributed by atoms with van der Waals surface area (Å²) >= 11 is 0. The summed E-state index contributed by atoms with van der Waals surface area (Å²) in [6.45, 7) is 1.46. The fourth-order valence-electron chi connectivity index (χ4n) is 2.48. The van der Waals surface area contributed by atoms with Gasteiger partial charge in [0.2, 0.25) is 11.8 Å². The van der Waals surface area contributed by atoms with Crippen molar-refractivity contribution in [3.8, 4) is 0 Å². The number of nitrogens with two attached hydrogens (primary N) is 1. The number of nitrogens with zero attached hydrogens (tertiary/aromatic N) is 1. The maximum Gasteiger partial charge on any atom is 0.227 e. The third kappa shape index (κ3) is 4.56. The number of anilines is 2. The number of carbonyl (C=O) groups excluding carboxylic acids is 2. The predicted molar refractivity (Wildman–Crippen MR) is 84.2 cm³/mol. The van der Waals surface area contributed by atoms with Crippen LogP contribution in [0.25, 0.3) is 0 Å². The molecule has 1 heterocycles. The summed E-state index contributed by atoms with van der Waals surface area (Å²) in [5.74, 6) is 0.198. The van der Waals surface area contributed by atoms with E-state index in [1.54, 1.807) is 4.90 Å². The molecule has 1 fully saturated rings. The molecular weight excluding hydrogens is 266 g/mol. The number of rotatable bonds is 7. The van der Waals surface area contributed by atoms with Gasteiger partial charge in [0.05, 0.1) is 0 Å². The molecule has 1 aliphatic rings. The number of benzene rings is 1. The van der Waals surface area contributed by atoms with Crippen LogP contribution in [0, 0.1) is 0 Å². The molecule has 0 unspecified atom stereocenters. The van der Waals surface area contributed by atoms with Crippen LogP contribution in [0.1, 0.15) is 38.5 Å². The maximum absolute atomic E-state index is 11.8. The van der Waals surface area contributed by atoms with Crippen LogP contribution >= 0.6 is 0 Å². The van der Waals surface area contributed by atoms with E-state index in [0.717, 1.165) is 43.6 Å². The van der Waals surface area contributed by atoms with E-state index in [9.17, 15) is 9.59 Å². The summed E-state index contributed by atoms with van der Waals surface area (Å²) in [6, 6.07) is 7.46. The summed E-state index contributed by atoms with van der Waals surface area (Å²) in [7, 11) is 0. The van der Waals surface area contributed by atoms with Gasteiger partial charge >= 0.3 is 0 Å². The van der Waals surface area contributed by atoms with Crippen molar-refractivity contribution < 1.29 is 9.59 Å². The first kappa shape index (κ1) is 15.5. The van der Waals surface area contributed by atoms with Crippen LogP contribution < -0.4 is 16.0 Å². The molecule has 0 aliphatic carbocycles. The Labute approximate surface area is 125 Å². The van der Waals surface area contributed by atoms with Crippen LogP contribution in [0.3, 0.4) is 0 Å². The van der Waals surface area contributed by atoms with Crippen molar-refractivity contribution in [3.63, 3.8) is 0 Å². The van der Waals surface area contributed by atoms with Gasteiger partial charge in [0, 0.05) is 30.8 Å². The second-order valence-electron chi connectivity index (χ2n) is 5.34. The van der Waals surface area contributed by atoms with Gasteiger partial charge in [-0.3, -0.25) is 9.59 Å². The molecule has 0 atom stereocenters. The topological polar surface area (TPSA) is 75.4 Å². The molecule has 3 N–H and O–H groups in total. The van der Waals surface area contributed by atoms with Crippen molar-refractivity contribution in [2.45, 2.75) is 38.5 Å². The molecule has 2 amide bonds. The summed E-state index contributed by atoms with van der Waals surface area (Å²) in [6.07, 6.45) is 4.88. The zero-order chi connectivity index (χ0) is 15.1. The van der Waals surface area contributed by atoms with E-state index in [2.05, 4.69) is 5.32 Å². The maximum atomic E-state index is 11.8. The van der Waals surface area contributed by atoms with Gasteiger partial charge in [-0.2, -0.15) is 0 Å². The van der Waals surface area contributed by atoms with Gasteiger partial charge in [-0.15, -0.1) is 0 Å². The van der Waals surface area contributed by atoms with E-state index in [-0.39, 0.29) is 11.8 Å². The van der Waals surface area contributed by atoms with E-state index >= 15 is 0 Å². The fraction of sp³-hybridized carbons (Fsp3) is 0.500. The Hall–Kier alpha value is -1.88. The Kier molecular flexibility index (Phi) is 5.75. The second kappa shape index (κ2) is 7.78. The van der Waals surface area contributed by atoms with E-state index in [1.807, 2.05) is 24.3 Å². The molecule has 2 rings (SSSR count). The van der Waals surface area contributed by atoms with Crippen LogP contribution in [-0.4, -0.2) is 24.9 Å². The first-order valence-electron chi connectivity index (χ1n) is 7.61. The zero-order valence-corrected chi connectivity index (χ0v) is 12.3. The van der Waals surface area contributed by atoms with Crippen molar-refractivity contribution in [2.75, 3.05) is 23.3 Å². The van der Waals surface area contributed by atoms with Gasteiger partial charge in [0.25, 0.3) is 0 Å². The Morgan fingerprint density at radius 2 is 1.95 bits per heavy atom. The van der Waals surface area contributed by atoms with Gasteiger partial charge < -0.3 is 16.0 Å². The van der Waals surface area contributed by atoms with Crippen molar-refractivity contribution in [1.82, 2.24) is 0 Å². The molecular formula is C16H23N3O2. The van der Waals surface area contributed by atoms with Crippen molar-refractivity contribution in [1.29, 1.82) is 0 Å². The van der Waals surface area contributed by atoms with Crippen LogP contribution in [0.5, 0.6) is 0 Å². The number of hydrogen-bond donors (Lipinski definition) is 2. The Morgan fingerprint density at radius 3 is 2.57 bits per heavy atom. The van der Waals surface area contributed by atoms with E-state index in [4.69, 9.17) is 5.73 Å². The highest BCUT2D eigenvalue weighted by Crippen LogP contribution is 2.23. The molecule has 1 aromatic rings. The predicted octanol–water partition coefficient (Wildman–Crippen LogP) is 2.27. The number of amides is 2. The molecule has 0 saturated carbocycles. The van der Waals surface area contributed by atoms with Crippen LogP contribution in [0.15, 0.2) is 24.3 Å². The minimum atomic E-state index is 0.0250. The van der Waals surface area contributed by atoms with E-state index in [1.165, 1.54) is 0 Å². The lowest BCUT2D eigenvalue weighted by atomic mass is 10.2. The lowest BCUT2D eigenvalue weighted by Gasteiger charge is -2.16. The van der Waals surface area contributed by atoms with E-state index < -0.39 is 0 Å². The molecule has 0 aromatic heterocycles. The largest absolute Gasteiger partial charge is 0.330 e. The number of hydrogen-bond acceptors (Lipinski definition) is 3. The second-order valence-corrected chi connectivity index (χ2v) is 5.34. The minimum Gasteiger partial charge on any atom is -0.330 e. The third-order valence-corrected chi connectivity index (χ3v) is 3.64. The molecule has 1 saturated heterocycles. The monoisotopic (exact) mass is 289 g/mol. The van der Waals surface area contributed by atoms with Gasteiger partial charge in [0.1, 0.15) is 0 Å². The van der Waals surface area contributed by atoms with Gasteiger partial charge in [0.15, 0.2) is 0 Å². The molecule has 1 aromatic carbocycles. The van der Waals surface area contributed by atoms with Crippen LogP contribution in [-0.2, 0) is 9.59 Å². The minimum absolute atomic E-state index is 0.0250. The SMILES string of the molecule is NCCCCCC(=O)Nc1ccc(N2CCCC2=O)cc1. The highest BCUT2D eigenvalue weighted by molar-refractivity contribution is 5.96. The molecule has 0 radical (unpaired) electrons. The average molecular weight is 289 g/mol. The lowest BCUT2D eigenvalue weighted by Crippen LogP contribution is -2.23. The summed E-state index contributed by atoms with van der Waals surface area (Å²) < 4.78 is 0. The highest BCUT2D eigenvalue weighted by Gasteiger charge is 2.21. The summed E-state index contributed by atoms with van der Waals surface area (Å²) in [4.78, 5) is 25.2. The standard InChI is InChI=1S/C16H23N3O2/c17-11-3-1-2-5-15(20)18-13-7-9-14(10-8-13)19-12-4-6-16(19)21/h7-10H,1-6,11-12,17H2,(H,18,20). The third-order valence-electron chi connectivity index (χ3n) is 3.64. The van der Waals surface area contributed by atoms with Crippen LogP contribution in [0.4, 0.5) is 11.4 Å². The lowest BCUT2D eigenvalue weighted by molar-refractivity contribution is -0.117. The zero-order valence-electron chi connectivity index (χ0n) is 12.3. The average Bonchev–Trinajstić information content (AvgIpc) is 2.91. The Bertz CT molecular complexity index is 485. The quantitative estimate of drug-likeness (QED) is 0.756. The fourth-order valence-corrected chi connectivity index (χ4v) is 2.48. The molecule has 1 aliphatic heterocycles. The summed E-state index contributed by atoms with van der Waals surface area (Å²) in [5.41, 5.74) is 7.09. The number of carbonyl (C=O) groups is 2. The van der Waals surface area contributed by atoms with Crippen molar-refractivity contribution in [2.24, 2.45) is 5.73 Å². The Balaban J connectivity index is 1.82. The molecule has 114 valence electrons. The van der Waals surface area contributed by atoms with Gasteiger partial charge in [-0.25, -0.2) is 0 Å². The smallest absolute Gasteiger partial charge is 0.227 e. The Morgan fingerprint density at radius 1 is 1.19 bits per heavy atom. The highest BCUT2D eigenvalue weighted by atomic mass is 16.2. The molecule has 21 heavy (non-hydrogen) atoms. The van der Waals surface area contributed by atoms with Gasteiger partial charge in [-0.1, -0.05) is 6.42 Å². The van der Waals surface area contributed by atoms with E-state index in [0.29, 0.717) is 19.4 Å². The number of unbranched alkanes of at least 4 members (excludes halogenated alkanes) is 2. The molecule has 5 nitrogen and oxygen atoms in total. The normalized spacial score (nSPS) is 14.5. The molecule has 0 bridgehead atoms. The van der Waals surface area contributed by atoms with Crippen molar-refractivity contribution >= 4 is 23.2 Å². The first-order chi connectivity index (χ1) is 10.2. The van der Waals surface area contributed by atoms with Gasteiger partial charge in [-0.05, 0) is 50.1 Å². The number of nitrogens with one attached hydrogen (secondary N) is 1. The first-order valence-corrected chi connectivity index (χ1v) is 7.61. The summed E-state index contributed by atoms with van der Waals surface area (Å²) in [5, 5.41) is 2.87. The van der Waals surface area contributed by atoms with Crippen LogP contribution in [0.2, 0.25) is 0 Å². The molecule has 0 spiro atoms. The van der Waals surface area contributed by atoms with Crippen molar-refractivity contribution in [3.05, 3.63) is 24.3 Å².